The Labute approximate surface area is 114 Å². The van der Waals surface area contributed by atoms with E-state index in [1.54, 1.807) is 11.9 Å². The molecule has 0 aromatic rings. The molecule has 0 radical (unpaired) electrons. The van der Waals surface area contributed by atoms with Crippen LogP contribution in [0.5, 0.6) is 0 Å². The van der Waals surface area contributed by atoms with Crippen LogP contribution in [0.3, 0.4) is 0 Å². The van der Waals surface area contributed by atoms with Crippen molar-refractivity contribution in [3.63, 3.8) is 0 Å². The Kier molecular flexibility index (Phi) is 6.20. The van der Waals surface area contributed by atoms with E-state index in [1.807, 2.05) is 0 Å². The summed E-state index contributed by atoms with van der Waals surface area (Å²) in [6, 6.07) is -0.0867. The Balaban J connectivity index is 2.65. The lowest BCUT2D eigenvalue weighted by molar-refractivity contribution is -0.137. The van der Waals surface area contributed by atoms with Crippen LogP contribution < -0.4 is 0 Å². The lowest BCUT2D eigenvalue weighted by Crippen LogP contribution is -2.47. The molecule has 0 saturated heterocycles. The fourth-order valence-electron chi connectivity index (χ4n) is 2.49. The SMILES string of the molecule is C#CCN(CC(=O)O)C(=O)N(C)C1CCCCCC1. The molecule has 19 heavy (non-hydrogen) atoms. The summed E-state index contributed by atoms with van der Waals surface area (Å²) in [5, 5.41) is 8.82. The van der Waals surface area contributed by atoms with Crippen molar-refractivity contribution in [1.82, 2.24) is 9.80 Å². The van der Waals surface area contributed by atoms with Gasteiger partial charge in [0.1, 0.15) is 6.54 Å². The van der Waals surface area contributed by atoms with Gasteiger partial charge in [0.15, 0.2) is 0 Å². The molecular weight excluding hydrogens is 244 g/mol. The lowest BCUT2D eigenvalue weighted by Gasteiger charge is -2.31. The molecular formula is C14H22N2O3. The van der Waals surface area contributed by atoms with Crippen LogP contribution in [-0.2, 0) is 4.79 Å². The van der Waals surface area contributed by atoms with Crippen LogP contribution in [0.4, 0.5) is 4.79 Å². The van der Waals surface area contributed by atoms with Crippen LogP contribution in [-0.4, -0.2) is 53.1 Å². The minimum absolute atomic E-state index is 0.0300. The molecule has 0 aromatic carbocycles. The van der Waals surface area contributed by atoms with Crippen molar-refractivity contribution >= 4 is 12.0 Å². The zero-order valence-electron chi connectivity index (χ0n) is 11.5. The third-order valence-electron chi connectivity index (χ3n) is 3.55. The second-order valence-electron chi connectivity index (χ2n) is 4.99. The molecule has 2 amide bonds. The number of hydrogen-bond donors (Lipinski definition) is 1. The molecule has 0 spiro atoms. The number of aliphatic carboxylic acids is 1. The van der Waals surface area contributed by atoms with Gasteiger partial charge in [0.05, 0.1) is 6.54 Å². The van der Waals surface area contributed by atoms with E-state index in [-0.39, 0.29) is 25.2 Å². The molecule has 0 unspecified atom stereocenters. The van der Waals surface area contributed by atoms with E-state index in [9.17, 15) is 9.59 Å². The molecule has 0 bridgehead atoms. The summed E-state index contributed by atoms with van der Waals surface area (Å²) < 4.78 is 0. The Morgan fingerprint density at radius 1 is 1.26 bits per heavy atom. The first kappa shape index (κ1) is 15.4. The maximum Gasteiger partial charge on any atom is 0.323 e. The van der Waals surface area contributed by atoms with Gasteiger partial charge in [-0.15, -0.1) is 6.42 Å². The third kappa shape index (κ3) is 4.82. The van der Waals surface area contributed by atoms with Gasteiger partial charge in [0.25, 0.3) is 0 Å². The summed E-state index contributed by atoms with van der Waals surface area (Å²) in [7, 11) is 1.74. The number of carboxylic acids is 1. The first-order valence-corrected chi connectivity index (χ1v) is 6.73. The van der Waals surface area contributed by atoms with E-state index >= 15 is 0 Å². The van der Waals surface area contributed by atoms with Gasteiger partial charge in [-0.25, -0.2) is 4.79 Å². The molecule has 0 atom stereocenters. The molecule has 1 fully saturated rings. The van der Waals surface area contributed by atoms with Crippen molar-refractivity contribution in [2.24, 2.45) is 0 Å². The van der Waals surface area contributed by atoms with Crippen molar-refractivity contribution < 1.29 is 14.7 Å². The fourth-order valence-corrected chi connectivity index (χ4v) is 2.49. The van der Waals surface area contributed by atoms with Crippen LogP contribution in [0.2, 0.25) is 0 Å². The zero-order chi connectivity index (χ0) is 14.3. The summed E-state index contributed by atoms with van der Waals surface area (Å²) >= 11 is 0. The maximum absolute atomic E-state index is 12.3. The minimum atomic E-state index is -1.04. The molecule has 5 nitrogen and oxygen atoms in total. The predicted octanol–water partition coefficient (Wildman–Crippen LogP) is 1.78. The molecule has 1 N–H and O–H groups in total. The first-order valence-electron chi connectivity index (χ1n) is 6.73. The van der Waals surface area contributed by atoms with Gasteiger partial charge in [0, 0.05) is 13.1 Å². The smallest absolute Gasteiger partial charge is 0.323 e. The topological polar surface area (TPSA) is 60.9 Å². The molecule has 106 valence electrons. The largest absolute Gasteiger partial charge is 0.480 e. The number of rotatable bonds is 4. The van der Waals surface area contributed by atoms with Gasteiger partial charge in [-0.3, -0.25) is 4.79 Å². The lowest BCUT2D eigenvalue weighted by atomic mass is 10.1. The maximum atomic E-state index is 12.3. The highest BCUT2D eigenvalue weighted by Gasteiger charge is 2.25. The highest BCUT2D eigenvalue weighted by atomic mass is 16.4. The predicted molar refractivity (Wildman–Crippen MR) is 72.7 cm³/mol. The van der Waals surface area contributed by atoms with Crippen LogP contribution in [0.1, 0.15) is 38.5 Å². The number of amides is 2. The molecule has 1 saturated carbocycles. The van der Waals surface area contributed by atoms with Crippen molar-refractivity contribution in [3.05, 3.63) is 0 Å². The van der Waals surface area contributed by atoms with Gasteiger partial charge in [-0.05, 0) is 12.8 Å². The quantitative estimate of drug-likeness (QED) is 0.623. The van der Waals surface area contributed by atoms with Crippen LogP contribution in [0.25, 0.3) is 0 Å². The van der Waals surface area contributed by atoms with Crippen molar-refractivity contribution in [2.45, 2.75) is 44.6 Å². The Bertz CT molecular complexity index is 354. The first-order chi connectivity index (χ1) is 9.06. The van der Waals surface area contributed by atoms with E-state index in [2.05, 4.69) is 5.92 Å². The average Bonchev–Trinajstić information content (AvgIpc) is 2.64. The van der Waals surface area contributed by atoms with Gasteiger partial charge >= 0.3 is 12.0 Å². The molecule has 0 aromatic heterocycles. The summed E-state index contributed by atoms with van der Waals surface area (Å²) in [5.74, 6) is 1.30. The number of carbonyl (C=O) groups is 2. The Morgan fingerprint density at radius 3 is 2.32 bits per heavy atom. The van der Waals surface area contributed by atoms with Gasteiger partial charge in [0.2, 0.25) is 0 Å². The van der Waals surface area contributed by atoms with E-state index in [0.717, 1.165) is 25.7 Å². The number of nitrogens with zero attached hydrogens (tertiary/aromatic N) is 2. The fraction of sp³-hybridized carbons (Fsp3) is 0.714. The molecule has 1 aliphatic rings. The number of carboxylic acid groups (broad SMARTS) is 1. The van der Waals surface area contributed by atoms with Crippen LogP contribution >= 0.6 is 0 Å². The summed E-state index contributed by atoms with van der Waals surface area (Å²) in [6.45, 7) is -0.317. The molecule has 1 aliphatic carbocycles. The highest BCUT2D eigenvalue weighted by Crippen LogP contribution is 2.21. The van der Waals surface area contributed by atoms with Crippen molar-refractivity contribution in [3.8, 4) is 12.3 Å². The number of carbonyl (C=O) groups excluding carboxylic acids is 1. The molecule has 0 heterocycles. The second kappa shape index (κ2) is 7.67. The van der Waals surface area contributed by atoms with E-state index in [0.29, 0.717) is 0 Å². The minimum Gasteiger partial charge on any atom is -0.480 e. The number of hydrogen-bond acceptors (Lipinski definition) is 2. The van der Waals surface area contributed by atoms with Gasteiger partial charge in [-0.2, -0.15) is 0 Å². The van der Waals surface area contributed by atoms with E-state index in [4.69, 9.17) is 11.5 Å². The summed E-state index contributed by atoms with van der Waals surface area (Å²) in [6.07, 6.45) is 11.8. The standard InChI is InChI=1S/C14H22N2O3/c1-3-10-16(11-13(17)18)14(19)15(2)12-8-6-4-5-7-9-12/h1,12H,4-11H2,2H3,(H,17,18). The Hall–Kier alpha value is -1.70. The molecule has 1 rings (SSSR count). The highest BCUT2D eigenvalue weighted by molar-refractivity contribution is 5.80. The second-order valence-corrected chi connectivity index (χ2v) is 4.99. The van der Waals surface area contributed by atoms with Crippen molar-refractivity contribution in [1.29, 1.82) is 0 Å². The Morgan fingerprint density at radius 2 is 1.84 bits per heavy atom. The molecule has 0 aliphatic heterocycles. The summed E-state index contributed by atoms with van der Waals surface area (Å²) in [5.41, 5.74) is 0. The monoisotopic (exact) mass is 266 g/mol. The van der Waals surface area contributed by atoms with E-state index < -0.39 is 5.97 Å². The van der Waals surface area contributed by atoms with Crippen LogP contribution in [0, 0.1) is 12.3 Å². The van der Waals surface area contributed by atoms with Gasteiger partial charge < -0.3 is 14.9 Å². The normalized spacial score (nSPS) is 16.2. The zero-order valence-corrected chi connectivity index (χ0v) is 11.5. The average molecular weight is 266 g/mol. The number of urea groups is 1. The van der Waals surface area contributed by atoms with Crippen molar-refractivity contribution in [2.75, 3.05) is 20.1 Å². The number of terminal acetylenes is 1. The summed E-state index contributed by atoms with van der Waals surface area (Å²) in [4.78, 5) is 25.9. The van der Waals surface area contributed by atoms with Crippen LogP contribution in [0.15, 0.2) is 0 Å². The van der Waals surface area contributed by atoms with Gasteiger partial charge in [-0.1, -0.05) is 31.6 Å². The molecule has 5 heteroatoms. The third-order valence-corrected chi connectivity index (χ3v) is 3.55. The van der Waals surface area contributed by atoms with E-state index in [1.165, 1.54) is 17.7 Å².